The molecule has 78 valence electrons. The highest BCUT2D eigenvalue weighted by Gasteiger charge is 2.31. The van der Waals surface area contributed by atoms with E-state index >= 15 is 0 Å². The standard InChI is InChI=1S/C11H21ClO/c1-13-9-5-4-8-11(10-12)6-2-3-7-11/h2-10H2,1H3. The summed E-state index contributed by atoms with van der Waals surface area (Å²) in [7, 11) is 1.77. The van der Waals surface area contributed by atoms with Crippen LogP contribution in [0.15, 0.2) is 0 Å². The molecule has 0 spiro atoms. The average molecular weight is 205 g/mol. The van der Waals surface area contributed by atoms with Crippen LogP contribution in [0.25, 0.3) is 0 Å². The summed E-state index contributed by atoms with van der Waals surface area (Å²) in [5.74, 6) is 0.861. The van der Waals surface area contributed by atoms with Gasteiger partial charge >= 0.3 is 0 Å². The Hall–Kier alpha value is 0.250. The Morgan fingerprint density at radius 1 is 1.23 bits per heavy atom. The Morgan fingerprint density at radius 3 is 2.46 bits per heavy atom. The molecule has 1 fully saturated rings. The molecule has 0 aromatic rings. The van der Waals surface area contributed by atoms with Crippen molar-refractivity contribution in [3.05, 3.63) is 0 Å². The summed E-state index contributed by atoms with van der Waals surface area (Å²) >= 11 is 6.05. The van der Waals surface area contributed by atoms with Crippen molar-refractivity contribution in [1.29, 1.82) is 0 Å². The molecule has 13 heavy (non-hydrogen) atoms. The van der Waals surface area contributed by atoms with Gasteiger partial charge in [0.2, 0.25) is 0 Å². The van der Waals surface area contributed by atoms with Crippen LogP contribution in [-0.2, 0) is 4.74 Å². The van der Waals surface area contributed by atoms with Crippen LogP contribution < -0.4 is 0 Å². The van der Waals surface area contributed by atoms with Gasteiger partial charge in [-0.2, -0.15) is 0 Å². The Morgan fingerprint density at radius 2 is 1.92 bits per heavy atom. The maximum absolute atomic E-state index is 6.05. The fourth-order valence-corrected chi connectivity index (χ4v) is 2.72. The zero-order valence-electron chi connectivity index (χ0n) is 8.65. The molecule has 0 radical (unpaired) electrons. The van der Waals surface area contributed by atoms with Gasteiger partial charge in [0.15, 0.2) is 0 Å². The van der Waals surface area contributed by atoms with Gasteiger partial charge in [-0.05, 0) is 31.1 Å². The van der Waals surface area contributed by atoms with Gasteiger partial charge in [0, 0.05) is 19.6 Å². The molecule has 0 heterocycles. The summed E-state index contributed by atoms with van der Waals surface area (Å²) < 4.78 is 5.04. The molecule has 1 aliphatic carbocycles. The number of halogens is 1. The second kappa shape index (κ2) is 5.87. The molecule has 1 saturated carbocycles. The summed E-state index contributed by atoms with van der Waals surface area (Å²) in [5, 5.41) is 0. The summed E-state index contributed by atoms with van der Waals surface area (Å²) in [4.78, 5) is 0. The number of hydrogen-bond acceptors (Lipinski definition) is 1. The molecule has 0 aliphatic heterocycles. The summed E-state index contributed by atoms with van der Waals surface area (Å²) in [6.07, 6.45) is 9.25. The van der Waals surface area contributed by atoms with Crippen molar-refractivity contribution in [2.24, 2.45) is 5.41 Å². The van der Waals surface area contributed by atoms with Crippen LogP contribution in [0.4, 0.5) is 0 Å². The average Bonchev–Trinajstić information content (AvgIpc) is 2.62. The van der Waals surface area contributed by atoms with E-state index in [1.54, 1.807) is 7.11 Å². The smallest absolute Gasteiger partial charge is 0.0462 e. The summed E-state index contributed by atoms with van der Waals surface area (Å²) in [6.45, 7) is 0.901. The van der Waals surface area contributed by atoms with Crippen molar-refractivity contribution in [3.63, 3.8) is 0 Å². The predicted molar refractivity (Wildman–Crippen MR) is 57.3 cm³/mol. The molecule has 1 aliphatic rings. The summed E-state index contributed by atoms with van der Waals surface area (Å²) in [5.41, 5.74) is 0.495. The lowest BCUT2D eigenvalue weighted by Crippen LogP contribution is -2.18. The zero-order valence-corrected chi connectivity index (χ0v) is 9.41. The van der Waals surface area contributed by atoms with E-state index in [4.69, 9.17) is 16.3 Å². The molecule has 0 amide bonds. The van der Waals surface area contributed by atoms with Gasteiger partial charge in [-0.15, -0.1) is 11.6 Å². The van der Waals surface area contributed by atoms with Gasteiger partial charge in [-0.25, -0.2) is 0 Å². The lowest BCUT2D eigenvalue weighted by Gasteiger charge is -2.25. The van der Waals surface area contributed by atoms with Crippen molar-refractivity contribution in [2.45, 2.75) is 44.9 Å². The second-order valence-corrected chi connectivity index (χ2v) is 4.56. The lowest BCUT2D eigenvalue weighted by atomic mass is 9.83. The Labute approximate surface area is 86.8 Å². The first-order valence-corrected chi connectivity index (χ1v) is 5.91. The number of ether oxygens (including phenoxy) is 1. The van der Waals surface area contributed by atoms with Gasteiger partial charge in [-0.3, -0.25) is 0 Å². The Balaban J connectivity index is 2.16. The third-order valence-electron chi connectivity index (χ3n) is 3.25. The number of hydrogen-bond donors (Lipinski definition) is 0. The van der Waals surface area contributed by atoms with E-state index in [-0.39, 0.29) is 0 Å². The molecule has 0 N–H and O–H groups in total. The summed E-state index contributed by atoms with van der Waals surface area (Å²) in [6, 6.07) is 0. The van der Waals surface area contributed by atoms with Gasteiger partial charge in [0.25, 0.3) is 0 Å². The zero-order chi connectivity index (χ0) is 9.57. The van der Waals surface area contributed by atoms with E-state index in [1.165, 1.54) is 44.9 Å². The van der Waals surface area contributed by atoms with Crippen LogP contribution >= 0.6 is 11.6 Å². The fourth-order valence-electron chi connectivity index (χ4n) is 2.32. The van der Waals surface area contributed by atoms with Gasteiger partial charge < -0.3 is 4.74 Å². The number of rotatable bonds is 6. The number of methoxy groups -OCH3 is 1. The molecule has 1 nitrogen and oxygen atoms in total. The van der Waals surface area contributed by atoms with Crippen LogP contribution in [0.5, 0.6) is 0 Å². The Kier molecular flexibility index (Phi) is 5.12. The van der Waals surface area contributed by atoms with Crippen LogP contribution in [0.2, 0.25) is 0 Å². The van der Waals surface area contributed by atoms with Crippen molar-refractivity contribution in [3.8, 4) is 0 Å². The first kappa shape index (κ1) is 11.3. The molecule has 2 heteroatoms. The van der Waals surface area contributed by atoms with E-state index in [1.807, 2.05) is 0 Å². The van der Waals surface area contributed by atoms with Crippen LogP contribution in [0.3, 0.4) is 0 Å². The van der Waals surface area contributed by atoms with E-state index in [0.717, 1.165) is 12.5 Å². The van der Waals surface area contributed by atoms with Crippen LogP contribution in [-0.4, -0.2) is 19.6 Å². The fraction of sp³-hybridized carbons (Fsp3) is 1.00. The highest BCUT2D eigenvalue weighted by Crippen LogP contribution is 2.43. The quantitative estimate of drug-likeness (QED) is 0.475. The highest BCUT2D eigenvalue weighted by atomic mass is 35.5. The van der Waals surface area contributed by atoms with Gasteiger partial charge in [0.1, 0.15) is 0 Å². The monoisotopic (exact) mass is 204 g/mol. The van der Waals surface area contributed by atoms with Crippen molar-refractivity contribution < 1.29 is 4.74 Å². The first-order chi connectivity index (χ1) is 6.33. The largest absolute Gasteiger partial charge is 0.385 e. The van der Waals surface area contributed by atoms with E-state index in [9.17, 15) is 0 Å². The van der Waals surface area contributed by atoms with Crippen molar-refractivity contribution in [2.75, 3.05) is 19.6 Å². The normalized spacial score (nSPS) is 20.8. The molecular weight excluding hydrogens is 184 g/mol. The maximum atomic E-state index is 6.05. The molecule has 0 aromatic carbocycles. The number of unbranched alkanes of at least 4 members (excludes halogenated alkanes) is 1. The molecule has 1 rings (SSSR count). The minimum atomic E-state index is 0.495. The first-order valence-electron chi connectivity index (χ1n) is 5.38. The Bertz CT molecular complexity index is 130. The topological polar surface area (TPSA) is 9.23 Å². The van der Waals surface area contributed by atoms with Gasteiger partial charge in [0.05, 0.1) is 0 Å². The second-order valence-electron chi connectivity index (χ2n) is 4.29. The maximum Gasteiger partial charge on any atom is 0.0462 e. The van der Waals surface area contributed by atoms with Gasteiger partial charge in [-0.1, -0.05) is 19.3 Å². The molecular formula is C11H21ClO. The minimum Gasteiger partial charge on any atom is -0.385 e. The third kappa shape index (κ3) is 3.47. The molecule has 0 atom stereocenters. The van der Waals surface area contributed by atoms with E-state index in [0.29, 0.717) is 5.41 Å². The third-order valence-corrected chi connectivity index (χ3v) is 3.82. The van der Waals surface area contributed by atoms with Crippen molar-refractivity contribution >= 4 is 11.6 Å². The van der Waals surface area contributed by atoms with Crippen LogP contribution in [0, 0.1) is 5.41 Å². The molecule has 0 aromatic heterocycles. The highest BCUT2D eigenvalue weighted by molar-refractivity contribution is 6.18. The van der Waals surface area contributed by atoms with E-state index in [2.05, 4.69) is 0 Å². The predicted octanol–water partition coefficient (Wildman–Crippen LogP) is 3.60. The molecule has 0 bridgehead atoms. The molecule has 0 saturated heterocycles. The van der Waals surface area contributed by atoms with Crippen molar-refractivity contribution in [1.82, 2.24) is 0 Å². The van der Waals surface area contributed by atoms with Crippen LogP contribution in [0.1, 0.15) is 44.9 Å². The lowest BCUT2D eigenvalue weighted by molar-refractivity contribution is 0.184. The molecule has 0 unspecified atom stereocenters. The minimum absolute atomic E-state index is 0.495. The number of alkyl halides is 1. The SMILES string of the molecule is COCCCCC1(CCl)CCCC1. The van der Waals surface area contributed by atoms with E-state index < -0.39 is 0 Å².